The van der Waals surface area contributed by atoms with E-state index in [4.69, 9.17) is 27.9 Å². The minimum Gasteiger partial charge on any atom is -0.480 e. The predicted molar refractivity (Wildman–Crippen MR) is 144 cm³/mol. The topological polar surface area (TPSA) is 97.4 Å². The molecule has 0 bridgehead atoms. The molecule has 3 rings (SSSR count). The fourth-order valence-electron chi connectivity index (χ4n) is 3.79. The predicted octanol–water partition coefficient (Wildman–Crippen LogP) is 5.51. The molecule has 0 saturated carbocycles. The van der Waals surface area contributed by atoms with E-state index in [1.54, 1.807) is 36.4 Å². The summed E-state index contributed by atoms with van der Waals surface area (Å²) in [5.74, 6) is -4.57. The number of hydrogen-bond acceptors (Lipinski definition) is 5. The summed E-state index contributed by atoms with van der Waals surface area (Å²) in [4.78, 5) is 43.1. The molecule has 3 atom stereocenters. The van der Waals surface area contributed by atoms with Gasteiger partial charge in [0.25, 0.3) is 11.7 Å². The van der Waals surface area contributed by atoms with Gasteiger partial charge in [-0.25, -0.2) is 0 Å². The molecule has 12 heteroatoms. The minimum absolute atomic E-state index is 0.0267. The number of benzene rings is 2. The average molecular weight is 596 g/mol. The molecule has 0 aliphatic heterocycles. The largest absolute Gasteiger partial charge is 0.480 e. The standard InChI is InChI=1S/C28H26Cl2F3N3O4/c1-16(2)23(25(37)28(31,32)33)35-27(39)24(17-8-4-3-5-9-17)36-26(38)22(15-20-10-6-7-11-34-20)40-21-13-18(29)12-19(30)14-21/h3-14,16,22-24H,15H2,1-2H3,(H,35,39)(H,36,38)/t22?,23-,24?/m0/s1. The molecule has 0 fully saturated rings. The molecule has 2 amide bonds. The van der Waals surface area contributed by atoms with Gasteiger partial charge in [-0.05, 0) is 41.8 Å². The van der Waals surface area contributed by atoms with Gasteiger partial charge in [0, 0.05) is 28.4 Å². The highest BCUT2D eigenvalue weighted by Crippen LogP contribution is 2.26. The first kappa shape index (κ1) is 30.9. The van der Waals surface area contributed by atoms with Gasteiger partial charge in [-0.1, -0.05) is 73.4 Å². The first-order valence-electron chi connectivity index (χ1n) is 12.1. The quantitative estimate of drug-likeness (QED) is 0.305. The van der Waals surface area contributed by atoms with Crippen molar-refractivity contribution in [2.75, 3.05) is 0 Å². The molecule has 7 nitrogen and oxygen atoms in total. The average Bonchev–Trinajstić information content (AvgIpc) is 2.89. The van der Waals surface area contributed by atoms with Crippen molar-refractivity contribution in [3.05, 3.63) is 94.2 Å². The number of alkyl halides is 3. The lowest BCUT2D eigenvalue weighted by molar-refractivity contribution is -0.175. The van der Waals surface area contributed by atoms with Gasteiger partial charge >= 0.3 is 6.18 Å². The van der Waals surface area contributed by atoms with Crippen molar-refractivity contribution in [2.24, 2.45) is 5.92 Å². The third-order valence-corrected chi connectivity index (χ3v) is 6.17. The number of nitrogens with zero attached hydrogens (tertiary/aromatic N) is 1. The van der Waals surface area contributed by atoms with Gasteiger partial charge in [0.05, 0.1) is 6.04 Å². The third kappa shape index (κ3) is 8.69. The van der Waals surface area contributed by atoms with E-state index in [1.807, 2.05) is 0 Å². The first-order valence-corrected chi connectivity index (χ1v) is 12.9. The van der Waals surface area contributed by atoms with Crippen molar-refractivity contribution in [1.29, 1.82) is 0 Å². The molecule has 40 heavy (non-hydrogen) atoms. The Bertz CT molecular complexity index is 1310. The summed E-state index contributed by atoms with van der Waals surface area (Å²) < 4.78 is 45.5. The van der Waals surface area contributed by atoms with Crippen LogP contribution in [-0.4, -0.2) is 40.9 Å². The van der Waals surface area contributed by atoms with Gasteiger partial charge in [0.1, 0.15) is 11.8 Å². The molecule has 0 saturated heterocycles. The molecule has 0 radical (unpaired) electrons. The summed E-state index contributed by atoms with van der Waals surface area (Å²) in [6, 6.07) is 14.1. The van der Waals surface area contributed by atoms with E-state index in [-0.39, 0.29) is 27.8 Å². The highest BCUT2D eigenvalue weighted by atomic mass is 35.5. The van der Waals surface area contributed by atoms with Crippen LogP contribution in [0.15, 0.2) is 72.9 Å². The van der Waals surface area contributed by atoms with Crippen molar-refractivity contribution in [3.8, 4) is 5.75 Å². The highest BCUT2D eigenvalue weighted by molar-refractivity contribution is 6.34. The maximum atomic E-state index is 13.6. The summed E-state index contributed by atoms with van der Waals surface area (Å²) in [7, 11) is 0. The van der Waals surface area contributed by atoms with Crippen LogP contribution in [-0.2, 0) is 20.8 Å². The van der Waals surface area contributed by atoms with Crippen LogP contribution in [0.1, 0.15) is 31.1 Å². The Balaban J connectivity index is 1.92. The number of aromatic nitrogens is 1. The monoisotopic (exact) mass is 595 g/mol. The van der Waals surface area contributed by atoms with Gasteiger partial charge in [-0.2, -0.15) is 13.2 Å². The Kier molecular flexibility index (Phi) is 10.5. The second-order valence-electron chi connectivity index (χ2n) is 9.18. The number of carbonyl (C=O) groups excluding carboxylic acids is 3. The van der Waals surface area contributed by atoms with Gasteiger partial charge in [0.2, 0.25) is 5.91 Å². The maximum absolute atomic E-state index is 13.6. The molecule has 212 valence electrons. The van der Waals surface area contributed by atoms with Crippen molar-refractivity contribution in [2.45, 2.75) is 44.6 Å². The molecule has 0 aliphatic rings. The minimum atomic E-state index is -5.16. The van der Waals surface area contributed by atoms with Gasteiger partial charge in [-0.3, -0.25) is 19.4 Å². The molecule has 3 aromatic rings. The molecule has 0 aliphatic carbocycles. The Morgan fingerprint density at radius 1 is 0.900 bits per heavy atom. The summed E-state index contributed by atoms with van der Waals surface area (Å²) >= 11 is 12.1. The van der Waals surface area contributed by atoms with Crippen molar-refractivity contribution < 1.29 is 32.3 Å². The summed E-state index contributed by atoms with van der Waals surface area (Å²) in [6.45, 7) is 2.75. The SMILES string of the molecule is CC(C)[C@H](NC(=O)C(NC(=O)C(Cc1ccccn1)Oc1cc(Cl)cc(Cl)c1)c1ccccc1)C(=O)C(F)(F)F. The van der Waals surface area contributed by atoms with E-state index in [9.17, 15) is 27.6 Å². The molecule has 2 aromatic carbocycles. The number of amides is 2. The van der Waals surface area contributed by atoms with E-state index < -0.39 is 47.9 Å². The van der Waals surface area contributed by atoms with Crippen molar-refractivity contribution >= 4 is 40.8 Å². The normalized spacial score (nSPS) is 13.7. The molecular formula is C28H26Cl2F3N3O4. The van der Waals surface area contributed by atoms with Crippen LogP contribution in [0.5, 0.6) is 5.75 Å². The molecule has 2 unspecified atom stereocenters. The number of ketones is 1. The number of nitrogens with one attached hydrogen (secondary N) is 2. The van der Waals surface area contributed by atoms with Crippen molar-refractivity contribution in [1.82, 2.24) is 15.6 Å². The van der Waals surface area contributed by atoms with E-state index in [1.165, 1.54) is 50.4 Å². The highest BCUT2D eigenvalue weighted by Gasteiger charge is 2.45. The number of rotatable bonds is 11. The number of Topliss-reactive ketones (excluding diaryl/α,β-unsaturated/α-hetero) is 1. The fraction of sp³-hybridized carbons (Fsp3) is 0.286. The number of pyridine rings is 1. The molecule has 1 heterocycles. The van der Waals surface area contributed by atoms with E-state index in [2.05, 4.69) is 15.6 Å². The molecule has 1 aromatic heterocycles. The van der Waals surface area contributed by atoms with Gasteiger partial charge < -0.3 is 15.4 Å². The van der Waals surface area contributed by atoms with Crippen LogP contribution < -0.4 is 15.4 Å². The number of halogens is 5. The Morgan fingerprint density at radius 3 is 2.08 bits per heavy atom. The van der Waals surface area contributed by atoms with E-state index in [0.29, 0.717) is 5.69 Å². The molecule has 0 spiro atoms. The smallest absolute Gasteiger partial charge is 0.452 e. The zero-order valence-electron chi connectivity index (χ0n) is 21.4. The number of carbonyl (C=O) groups is 3. The fourth-order valence-corrected chi connectivity index (χ4v) is 4.29. The Hall–Kier alpha value is -3.63. The zero-order chi connectivity index (χ0) is 29.4. The molecule has 2 N–H and O–H groups in total. The molecular weight excluding hydrogens is 570 g/mol. The summed E-state index contributed by atoms with van der Waals surface area (Å²) in [5.41, 5.74) is 0.768. The van der Waals surface area contributed by atoms with Crippen LogP contribution in [0.2, 0.25) is 10.0 Å². The van der Waals surface area contributed by atoms with E-state index >= 15 is 0 Å². The summed E-state index contributed by atoms with van der Waals surface area (Å²) in [6.07, 6.45) is -4.90. The second-order valence-corrected chi connectivity index (χ2v) is 10.1. The lowest BCUT2D eigenvalue weighted by atomic mass is 9.97. The maximum Gasteiger partial charge on any atom is 0.452 e. The van der Waals surface area contributed by atoms with Gasteiger partial charge in [0.15, 0.2) is 6.10 Å². The third-order valence-electron chi connectivity index (χ3n) is 5.74. The lowest BCUT2D eigenvalue weighted by Gasteiger charge is -2.27. The van der Waals surface area contributed by atoms with Crippen LogP contribution >= 0.6 is 23.2 Å². The van der Waals surface area contributed by atoms with Crippen LogP contribution in [0.3, 0.4) is 0 Å². The van der Waals surface area contributed by atoms with E-state index in [0.717, 1.165) is 0 Å². The Labute approximate surface area is 239 Å². The number of hydrogen-bond donors (Lipinski definition) is 2. The number of ether oxygens (including phenoxy) is 1. The second kappa shape index (κ2) is 13.6. The lowest BCUT2D eigenvalue weighted by Crippen LogP contribution is -2.53. The van der Waals surface area contributed by atoms with Crippen LogP contribution in [0, 0.1) is 5.92 Å². The summed E-state index contributed by atoms with van der Waals surface area (Å²) in [5, 5.41) is 5.25. The van der Waals surface area contributed by atoms with Crippen LogP contribution in [0.25, 0.3) is 0 Å². The Morgan fingerprint density at radius 2 is 1.52 bits per heavy atom. The van der Waals surface area contributed by atoms with Crippen LogP contribution in [0.4, 0.5) is 13.2 Å². The van der Waals surface area contributed by atoms with Gasteiger partial charge in [-0.15, -0.1) is 0 Å². The van der Waals surface area contributed by atoms with Crippen molar-refractivity contribution in [3.63, 3.8) is 0 Å². The zero-order valence-corrected chi connectivity index (χ0v) is 22.9. The first-order chi connectivity index (χ1) is 18.8.